The van der Waals surface area contributed by atoms with E-state index in [9.17, 15) is 5.11 Å². The van der Waals surface area contributed by atoms with Gasteiger partial charge in [0, 0.05) is 16.7 Å². The average molecular weight is 350 g/mol. The first-order valence-electron chi connectivity index (χ1n) is 6.98. The van der Waals surface area contributed by atoms with Gasteiger partial charge in [-0.3, -0.25) is 0 Å². The SMILES string of the molecule is CCc1cc(Br)ccc1NCC(O)c1ccc(OC)cc1. The van der Waals surface area contributed by atoms with E-state index < -0.39 is 6.10 Å². The molecule has 0 amide bonds. The minimum atomic E-state index is -0.552. The molecule has 1 atom stereocenters. The second-order valence-electron chi connectivity index (χ2n) is 4.82. The first-order chi connectivity index (χ1) is 10.1. The summed E-state index contributed by atoms with van der Waals surface area (Å²) >= 11 is 3.48. The largest absolute Gasteiger partial charge is 0.497 e. The molecule has 0 bridgehead atoms. The highest BCUT2D eigenvalue weighted by atomic mass is 79.9. The number of aryl methyl sites for hydroxylation is 1. The lowest BCUT2D eigenvalue weighted by Crippen LogP contribution is -2.13. The van der Waals surface area contributed by atoms with Gasteiger partial charge >= 0.3 is 0 Å². The highest BCUT2D eigenvalue weighted by Crippen LogP contribution is 2.23. The van der Waals surface area contributed by atoms with E-state index in [-0.39, 0.29) is 0 Å². The fourth-order valence-electron chi connectivity index (χ4n) is 2.18. The first-order valence-corrected chi connectivity index (χ1v) is 7.77. The maximum atomic E-state index is 10.3. The molecule has 0 saturated carbocycles. The third-order valence-electron chi connectivity index (χ3n) is 3.43. The number of aliphatic hydroxyl groups excluding tert-OH is 1. The van der Waals surface area contributed by atoms with Gasteiger partial charge in [-0.25, -0.2) is 0 Å². The van der Waals surface area contributed by atoms with Crippen LogP contribution in [0, 0.1) is 0 Å². The Morgan fingerprint density at radius 3 is 2.52 bits per heavy atom. The molecule has 21 heavy (non-hydrogen) atoms. The van der Waals surface area contributed by atoms with E-state index in [0.717, 1.165) is 27.9 Å². The lowest BCUT2D eigenvalue weighted by atomic mass is 10.1. The molecule has 2 aromatic carbocycles. The first kappa shape index (κ1) is 15.9. The van der Waals surface area contributed by atoms with Crippen LogP contribution in [0.3, 0.4) is 0 Å². The maximum Gasteiger partial charge on any atom is 0.118 e. The van der Waals surface area contributed by atoms with E-state index in [4.69, 9.17) is 4.74 Å². The molecule has 3 nitrogen and oxygen atoms in total. The molecule has 0 fully saturated rings. The fraction of sp³-hybridized carbons (Fsp3) is 0.294. The number of halogens is 1. The Morgan fingerprint density at radius 2 is 1.90 bits per heavy atom. The van der Waals surface area contributed by atoms with Crippen LogP contribution in [0.4, 0.5) is 5.69 Å². The van der Waals surface area contributed by atoms with Gasteiger partial charge in [-0.1, -0.05) is 35.0 Å². The lowest BCUT2D eigenvalue weighted by molar-refractivity contribution is 0.191. The van der Waals surface area contributed by atoms with Crippen LogP contribution in [-0.4, -0.2) is 18.8 Å². The number of nitrogens with one attached hydrogen (secondary N) is 1. The molecule has 0 aliphatic rings. The molecule has 2 rings (SSSR count). The Balaban J connectivity index is 2.01. The number of hydrogen-bond acceptors (Lipinski definition) is 3. The average Bonchev–Trinajstić information content (AvgIpc) is 2.53. The van der Waals surface area contributed by atoms with Crippen molar-refractivity contribution in [2.45, 2.75) is 19.4 Å². The van der Waals surface area contributed by atoms with Crippen molar-refractivity contribution < 1.29 is 9.84 Å². The Hall–Kier alpha value is -1.52. The van der Waals surface area contributed by atoms with E-state index in [1.54, 1.807) is 7.11 Å². The zero-order valence-electron chi connectivity index (χ0n) is 12.3. The molecule has 2 aromatic rings. The minimum absolute atomic E-state index is 0.473. The predicted octanol–water partition coefficient (Wildman–Crippen LogP) is 4.17. The molecule has 1 unspecified atom stereocenters. The zero-order chi connectivity index (χ0) is 15.2. The number of anilines is 1. The summed E-state index contributed by atoms with van der Waals surface area (Å²) in [5, 5.41) is 13.6. The highest BCUT2D eigenvalue weighted by Gasteiger charge is 2.09. The second-order valence-corrected chi connectivity index (χ2v) is 5.74. The van der Waals surface area contributed by atoms with E-state index in [2.05, 4.69) is 34.2 Å². The number of rotatable bonds is 6. The molecule has 4 heteroatoms. The molecule has 112 valence electrons. The van der Waals surface area contributed by atoms with Gasteiger partial charge in [0.05, 0.1) is 13.2 Å². The van der Waals surface area contributed by atoms with Crippen molar-refractivity contribution in [3.05, 3.63) is 58.1 Å². The summed E-state index contributed by atoms with van der Waals surface area (Å²) in [7, 11) is 1.63. The van der Waals surface area contributed by atoms with Crippen molar-refractivity contribution >= 4 is 21.6 Å². The van der Waals surface area contributed by atoms with Gasteiger partial charge in [-0.15, -0.1) is 0 Å². The molecule has 0 radical (unpaired) electrons. The summed E-state index contributed by atoms with van der Waals surface area (Å²) in [5.41, 5.74) is 3.16. The fourth-order valence-corrected chi connectivity index (χ4v) is 2.59. The topological polar surface area (TPSA) is 41.5 Å². The molecule has 0 spiro atoms. The van der Waals surface area contributed by atoms with E-state index >= 15 is 0 Å². The van der Waals surface area contributed by atoms with Gasteiger partial charge in [0.15, 0.2) is 0 Å². The Morgan fingerprint density at radius 1 is 1.19 bits per heavy atom. The van der Waals surface area contributed by atoms with E-state index in [1.807, 2.05) is 36.4 Å². The quantitative estimate of drug-likeness (QED) is 0.822. The van der Waals surface area contributed by atoms with Crippen molar-refractivity contribution in [1.29, 1.82) is 0 Å². The smallest absolute Gasteiger partial charge is 0.118 e. The van der Waals surface area contributed by atoms with Gasteiger partial charge in [0.2, 0.25) is 0 Å². The van der Waals surface area contributed by atoms with Crippen LogP contribution >= 0.6 is 15.9 Å². The summed E-state index contributed by atoms with van der Waals surface area (Å²) in [6.45, 7) is 2.59. The van der Waals surface area contributed by atoms with Crippen molar-refractivity contribution in [2.24, 2.45) is 0 Å². The Bertz CT molecular complexity index is 584. The summed E-state index contributed by atoms with van der Waals surface area (Å²) in [6, 6.07) is 13.6. The lowest BCUT2D eigenvalue weighted by Gasteiger charge is -2.16. The number of aliphatic hydroxyl groups is 1. The van der Waals surface area contributed by atoms with Crippen molar-refractivity contribution in [3.8, 4) is 5.75 Å². The molecule has 0 heterocycles. The van der Waals surface area contributed by atoms with Gasteiger partial charge in [-0.05, 0) is 47.9 Å². The minimum Gasteiger partial charge on any atom is -0.497 e. The third kappa shape index (κ3) is 4.22. The molecule has 2 N–H and O–H groups in total. The van der Waals surface area contributed by atoms with Crippen LogP contribution in [0.5, 0.6) is 5.75 Å². The summed E-state index contributed by atoms with van der Waals surface area (Å²) < 4.78 is 6.19. The zero-order valence-corrected chi connectivity index (χ0v) is 13.9. The van der Waals surface area contributed by atoms with Gasteiger partial charge < -0.3 is 15.2 Å². The molecular formula is C17H20BrNO2. The number of benzene rings is 2. The third-order valence-corrected chi connectivity index (χ3v) is 3.93. The monoisotopic (exact) mass is 349 g/mol. The van der Waals surface area contributed by atoms with Crippen molar-refractivity contribution in [1.82, 2.24) is 0 Å². The van der Waals surface area contributed by atoms with Gasteiger partial charge in [-0.2, -0.15) is 0 Å². The van der Waals surface area contributed by atoms with E-state index in [1.165, 1.54) is 5.56 Å². The van der Waals surface area contributed by atoms with Crippen LogP contribution in [0.1, 0.15) is 24.2 Å². The molecule has 0 aliphatic heterocycles. The van der Waals surface area contributed by atoms with Crippen molar-refractivity contribution in [3.63, 3.8) is 0 Å². The maximum absolute atomic E-state index is 10.3. The summed E-state index contributed by atoms with van der Waals surface area (Å²) in [4.78, 5) is 0. The van der Waals surface area contributed by atoms with Gasteiger partial charge in [0.25, 0.3) is 0 Å². The standard InChI is InChI=1S/C17H20BrNO2/c1-3-12-10-14(18)6-9-16(12)19-11-17(20)13-4-7-15(21-2)8-5-13/h4-10,17,19-20H,3,11H2,1-2H3. The van der Waals surface area contributed by atoms with Crippen LogP contribution in [0.15, 0.2) is 46.9 Å². The van der Waals surface area contributed by atoms with Gasteiger partial charge in [0.1, 0.15) is 5.75 Å². The van der Waals surface area contributed by atoms with Crippen LogP contribution in [0.25, 0.3) is 0 Å². The van der Waals surface area contributed by atoms with Crippen LogP contribution in [0.2, 0.25) is 0 Å². The van der Waals surface area contributed by atoms with Crippen LogP contribution < -0.4 is 10.1 Å². The molecular weight excluding hydrogens is 330 g/mol. The van der Waals surface area contributed by atoms with E-state index in [0.29, 0.717) is 6.54 Å². The normalized spacial score (nSPS) is 12.0. The molecule has 0 aromatic heterocycles. The Kier molecular flexibility index (Phi) is 5.65. The number of methoxy groups -OCH3 is 1. The number of hydrogen-bond donors (Lipinski definition) is 2. The number of ether oxygens (including phenoxy) is 1. The summed E-state index contributed by atoms with van der Waals surface area (Å²) in [6.07, 6.45) is 0.393. The predicted molar refractivity (Wildman–Crippen MR) is 90.0 cm³/mol. The highest BCUT2D eigenvalue weighted by molar-refractivity contribution is 9.10. The Labute approximate surface area is 134 Å². The molecule has 0 aliphatic carbocycles. The van der Waals surface area contributed by atoms with Crippen molar-refractivity contribution in [2.75, 3.05) is 19.0 Å². The summed E-state index contributed by atoms with van der Waals surface area (Å²) in [5.74, 6) is 0.792. The second kappa shape index (κ2) is 7.48. The van der Waals surface area contributed by atoms with Crippen LogP contribution in [-0.2, 0) is 6.42 Å². The molecule has 0 saturated heterocycles.